The molecule has 0 spiro atoms. The number of benzene rings is 7. The Labute approximate surface area is 320 Å². The number of nitrogens with one attached hydrogen (secondary N) is 2. The number of rotatable bonds is 7. The lowest BCUT2D eigenvalue weighted by Gasteiger charge is -2.37. The van der Waals surface area contributed by atoms with Gasteiger partial charge < -0.3 is 20.3 Å². The quantitative estimate of drug-likeness (QED) is 0.162. The van der Waals surface area contributed by atoms with Crippen LogP contribution in [0.2, 0.25) is 0 Å². The van der Waals surface area contributed by atoms with Crippen molar-refractivity contribution < 1.29 is 9.47 Å². The molecular formula is C51H36N2O2. The van der Waals surface area contributed by atoms with E-state index in [2.05, 4.69) is 97.1 Å². The molecular weight excluding hydrogens is 673 g/mol. The van der Waals surface area contributed by atoms with Gasteiger partial charge in [-0.3, -0.25) is 0 Å². The zero-order valence-electron chi connectivity index (χ0n) is 30.1. The minimum absolute atomic E-state index is 0.332. The Morgan fingerprint density at radius 1 is 0.564 bits per heavy atom. The molecule has 4 heteroatoms. The van der Waals surface area contributed by atoms with Crippen LogP contribution >= 0.6 is 0 Å². The zero-order valence-corrected chi connectivity index (χ0v) is 30.1. The summed E-state index contributed by atoms with van der Waals surface area (Å²) in [5.74, 6) is 2.70. The van der Waals surface area contributed by atoms with E-state index in [0.29, 0.717) is 34.4 Å². The van der Waals surface area contributed by atoms with Gasteiger partial charge in [0.1, 0.15) is 0 Å². The molecule has 1 aliphatic heterocycles. The van der Waals surface area contributed by atoms with Crippen molar-refractivity contribution in [2.75, 3.05) is 0 Å². The van der Waals surface area contributed by atoms with Gasteiger partial charge in [-0.15, -0.1) is 0 Å². The molecule has 3 aliphatic rings. The Balaban J connectivity index is 0.969. The predicted molar refractivity (Wildman–Crippen MR) is 223 cm³/mol. The maximum Gasteiger partial charge on any atom is 0.170 e. The SMILES string of the molecule is N=C(/C=C\C(=N)c1cccc2ccccc12)c1cccc(-c2ccc3c(c2)Oc2cc4c(cc2O3)C(C2=CC=CCC2)(c2ccccc2)c2ccccc2-4)c1. The molecule has 0 aromatic heterocycles. The maximum absolute atomic E-state index is 8.87. The van der Waals surface area contributed by atoms with Crippen LogP contribution in [0.25, 0.3) is 33.0 Å². The van der Waals surface area contributed by atoms with Crippen LogP contribution in [0.4, 0.5) is 0 Å². The van der Waals surface area contributed by atoms with Crippen molar-refractivity contribution in [3.63, 3.8) is 0 Å². The lowest BCUT2D eigenvalue weighted by atomic mass is 9.65. The topological polar surface area (TPSA) is 66.2 Å². The van der Waals surface area contributed by atoms with Gasteiger partial charge in [0.2, 0.25) is 0 Å². The van der Waals surface area contributed by atoms with Gasteiger partial charge in [0.15, 0.2) is 23.0 Å². The van der Waals surface area contributed by atoms with E-state index in [4.69, 9.17) is 20.3 Å². The van der Waals surface area contributed by atoms with Gasteiger partial charge in [0.05, 0.1) is 16.8 Å². The van der Waals surface area contributed by atoms with Crippen LogP contribution in [0.3, 0.4) is 0 Å². The monoisotopic (exact) mass is 708 g/mol. The fraction of sp³-hybridized carbons (Fsp3) is 0.0588. The molecule has 0 radical (unpaired) electrons. The van der Waals surface area contributed by atoms with Crippen LogP contribution < -0.4 is 9.47 Å². The molecule has 7 aromatic rings. The molecule has 4 nitrogen and oxygen atoms in total. The largest absolute Gasteiger partial charge is 0.450 e. The molecule has 0 fully saturated rings. The van der Waals surface area contributed by atoms with Crippen LogP contribution in [-0.4, -0.2) is 11.4 Å². The second-order valence-corrected chi connectivity index (χ2v) is 14.3. The van der Waals surface area contributed by atoms with E-state index in [1.54, 1.807) is 12.2 Å². The normalized spacial score (nSPS) is 16.3. The first-order valence-corrected chi connectivity index (χ1v) is 18.7. The first-order valence-electron chi connectivity index (χ1n) is 18.7. The van der Waals surface area contributed by atoms with Crippen molar-refractivity contribution in [1.82, 2.24) is 0 Å². The number of allylic oxidation sites excluding steroid dienone is 6. The second-order valence-electron chi connectivity index (χ2n) is 14.3. The summed E-state index contributed by atoms with van der Waals surface area (Å²) in [5.41, 5.74) is 11.3. The Kier molecular flexibility index (Phi) is 7.77. The third-order valence-electron chi connectivity index (χ3n) is 11.2. The van der Waals surface area contributed by atoms with Crippen LogP contribution in [0.5, 0.6) is 23.0 Å². The van der Waals surface area contributed by atoms with Crippen molar-refractivity contribution in [1.29, 1.82) is 10.8 Å². The average molecular weight is 709 g/mol. The van der Waals surface area contributed by atoms with Gasteiger partial charge in [-0.05, 0) is 111 Å². The van der Waals surface area contributed by atoms with Gasteiger partial charge >= 0.3 is 0 Å². The fourth-order valence-electron chi connectivity index (χ4n) is 8.66. The third kappa shape index (κ3) is 5.37. The van der Waals surface area contributed by atoms with Crippen molar-refractivity contribution >= 4 is 22.2 Å². The van der Waals surface area contributed by atoms with E-state index in [1.165, 1.54) is 27.8 Å². The minimum atomic E-state index is -0.440. The van der Waals surface area contributed by atoms with Crippen molar-refractivity contribution in [3.8, 4) is 45.3 Å². The average Bonchev–Trinajstić information content (AvgIpc) is 3.53. The summed E-state index contributed by atoms with van der Waals surface area (Å²) < 4.78 is 13.4. The van der Waals surface area contributed by atoms with Crippen LogP contribution in [-0.2, 0) is 5.41 Å². The minimum Gasteiger partial charge on any atom is -0.450 e. The van der Waals surface area contributed by atoms with E-state index in [-0.39, 0.29) is 0 Å². The van der Waals surface area contributed by atoms with Gasteiger partial charge in [-0.1, -0.05) is 145 Å². The summed E-state index contributed by atoms with van der Waals surface area (Å²) >= 11 is 0. The van der Waals surface area contributed by atoms with Gasteiger partial charge in [0.25, 0.3) is 0 Å². The Morgan fingerprint density at radius 2 is 1.29 bits per heavy atom. The van der Waals surface area contributed by atoms with Gasteiger partial charge in [-0.2, -0.15) is 0 Å². The van der Waals surface area contributed by atoms with Gasteiger partial charge in [0, 0.05) is 5.56 Å². The van der Waals surface area contributed by atoms with E-state index in [1.807, 2.05) is 72.8 Å². The van der Waals surface area contributed by atoms with Crippen LogP contribution in [0.15, 0.2) is 188 Å². The first-order chi connectivity index (χ1) is 27.1. The molecule has 1 unspecified atom stereocenters. The second kappa shape index (κ2) is 13.1. The van der Waals surface area contributed by atoms with Crippen LogP contribution in [0, 0.1) is 10.8 Å². The summed E-state index contributed by atoms with van der Waals surface area (Å²) in [6.07, 6.45) is 12.2. The molecule has 7 aromatic carbocycles. The zero-order chi connectivity index (χ0) is 36.9. The number of fused-ring (bicyclic) bond motifs is 6. The molecule has 10 rings (SSSR count). The third-order valence-corrected chi connectivity index (χ3v) is 11.2. The lowest BCUT2D eigenvalue weighted by Crippen LogP contribution is -2.30. The molecule has 262 valence electrons. The molecule has 1 heterocycles. The van der Waals surface area contributed by atoms with E-state index < -0.39 is 5.41 Å². The van der Waals surface area contributed by atoms with Crippen molar-refractivity contribution in [2.24, 2.45) is 0 Å². The van der Waals surface area contributed by atoms with Crippen molar-refractivity contribution in [3.05, 3.63) is 215 Å². The Bertz CT molecular complexity index is 2800. The highest BCUT2D eigenvalue weighted by Crippen LogP contribution is 2.60. The number of hydrogen-bond acceptors (Lipinski definition) is 4. The van der Waals surface area contributed by atoms with E-state index >= 15 is 0 Å². The van der Waals surface area contributed by atoms with E-state index in [0.717, 1.165) is 51.4 Å². The Hall–Kier alpha value is -7.04. The lowest BCUT2D eigenvalue weighted by molar-refractivity contribution is 0.359. The molecule has 2 N–H and O–H groups in total. The summed E-state index contributed by atoms with van der Waals surface area (Å²) in [4.78, 5) is 0. The highest BCUT2D eigenvalue weighted by atomic mass is 16.6. The fourth-order valence-corrected chi connectivity index (χ4v) is 8.66. The molecule has 0 saturated carbocycles. The summed E-state index contributed by atoms with van der Waals surface area (Å²) in [6, 6.07) is 52.0. The highest BCUT2D eigenvalue weighted by molar-refractivity contribution is 6.18. The standard InChI is InChI=1S/C51H36N2O2/c52-45(26-27-46(53)41-23-12-14-33-13-7-8-21-39(33)41)36-16-11-15-34(29-36)35-25-28-47-48(30-35)55-49-31-42-40-22-9-10-24-43(40)51(37-17-3-1-4-18-37,38-19-5-2-6-20-38)44(42)32-50(49)54-47/h1-5,7-19,21-32,52-53H,6,20H2/b27-26-,52-45?,53-46?. The molecule has 55 heavy (non-hydrogen) atoms. The number of hydrogen-bond donors (Lipinski definition) is 2. The molecule has 0 bridgehead atoms. The van der Waals surface area contributed by atoms with Crippen LogP contribution in [0.1, 0.15) is 40.7 Å². The maximum atomic E-state index is 8.87. The molecule has 1 atom stereocenters. The first kappa shape index (κ1) is 32.6. The van der Waals surface area contributed by atoms with Crippen molar-refractivity contribution in [2.45, 2.75) is 18.3 Å². The predicted octanol–water partition coefficient (Wildman–Crippen LogP) is 13.0. The number of ether oxygens (including phenoxy) is 2. The van der Waals surface area contributed by atoms with E-state index in [9.17, 15) is 0 Å². The molecule has 0 saturated heterocycles. The smallest absolute Gasteiger partial charge is 0.170 e. The summed E-state index contributed by atoms with van der Waals surface area (Å²) in [7, 11) is 0. The molecule has 0 amide bonds. The highest BCUT2D eigenvalue weighted by Gasteiger charge is 2.48. The summed E-state index contributed by atoms with van der Waals surface area (Å²) in [5, 5.41) is 19.7. The Morgan fingerprint density at radius 3 is 2.18 bits per heavy atom. The summed E-state index contributed by atoms with van der Waals surface area (Å²) in [6.45, 7) is 0. The molecule has 2 aliphatic carbocycles. The van der Waals surface area contributed by atoms with Gasteiger partial charge in [-0.25, -0.2) is 0 Å².